The molecule has 4 rings (SSSR count). The molecule has 0 aromatic heterocycles. The maximum Gasteiger partial charge on any atom is 0.410 e. The number of benzene rings is 2. The summed E-state index contributed by atoms with van der Waals surface area (Å²) < 4.78 is 5.55. The predicted octanol–water partition coefficient (Wildman–Crippen LogP) is 5.85. The zero-order valence-corrected chi connectivity index (χ0v) is 23.4. The van der Waals surface area contributed by atoms with Crippen LogP contribution in [0.25, 0.3) is 0 Å². The third kappa shape index (κ3) is 5.57. The zero-order chi connectivity index (χ0) is 27.8. The van der Waals surface area contributed by atoms with Crippen molar-refractivity contribution in [3.05, 3.63) is 70.8 Å². The van der Waals surface area contributed by atoms with Crippen molar-refractivity contribution in [3.63, 3.8) is 0 Å². The third-order valence-electron chi connectivity index (χ3n) is 8.02. The van der Waals surface area contributed by atoms with E-state index in [-0.39, 0.29) is 36.4 Å². The second-order valence-corrected chi connectivity index (χ2v) is 12.0. The van der Waals surface area contributed by atoms with Gasteiger partial charge in [0.05, 0.1) is 24.4 Å². The number of hydrogen-bond acceptors (Lipinski definition) is 4. The second-order valence-electron chi connectivity index (χ2n) is 12.0. The summed E-state index contributed by atoms with van der Waals surface area (Å²) >= 11 is 0. The highest BCUT2D eigenvalue weighted by molar-refractivity contribution is 5.88. The van der Waals surface area contributed by atoms with Crippen molar-refractivity contribution in [1.29, 1.82) is 0 Å². The Morgan fingerprint density at radius 2 is 1.74 bits per heavy atom. The van der Waals surface area contributed by atoms with Crippen molar-refractivity contribution in [1.82, 2.24) is 9.80 Å². The molecular weight excluding hydrogens is 480 g/mol. The number of rotatable bonds is 8. The largest absolute Gasteiger partial charge is 0.481 e. The molecule has 2 saturated heterocycles. The first-order valence-corrected chi connectivity index (χ1v) is 13.5. The number of likely N-dealkylation sites (tertiary alicyclic amines) is 1. The molecule has 2 aliphatic heterocycles. The molecule has 2 aromatic carbocycles. The van der Waals surface area contributed by atoms with Crippen molar-refractivity contribution in [2.75, 3.05) is 13.1 Å². The van der Waals surface area contributed by atoms with Gasteiger partial charge >= 0.3 is 12.1 Å². The van der Waals surface area contributed by atoms with Crippen LogP contribution >= 0.6 is 0 Å². The Labute approximate surface area is 225 Å². The summed E-state index contributed by atoms with van der Waals surface area (Å²) in [6.07, 6.45) is 0.405. The lowest BCUT2D eigenvalue weighted by Gasteiger charge is -2.52. The molecule has 7 heteroatoms. The molecule has 0 unspecified atom stereocenters. The maximum atomic E-state index is 14.4. The molecule has 2 heterocycles. The quantitative estimate of drug-likeness (QED) is 0.472. The number of piperidine rings is 1. The monoisotopic (exact) mass is 520 g/mol. The van der Waals surface area contributed by atoms with E-state index < -0.39 is 17.0 Å². The first-order valence-electron chi connectivity index (χ1n) is 13.5. The lowest BCUT2D eigenvalue weighted by atomic mass is 9.67. The van der Waals surface area contributed by atoms with E-state index in [1.165, 1.54) is 0 Å². The summed E-state index contributed by atoms with van der Waals surface area (Å²) in [6, 6.07) is 15.9. The molecule has 1 N–H and O–H groups in total. The van der Waals surface area contributed by atoms with Crippen LogP contribution < -0.4 is 0 Å². The number of hydrogen-bond donors (Lipinski definition) is 1. The van der Waals surface area contributed by atoms with Crippen molar-refractivity contribution in [2.24, 2.45) is 5.41 Å². The van der Waals surface area contributed by atoms with Crippen LogP contribution in [0.4, 0.5) is 4.79 Å². The van der Waals surface area contributed by atoms with Gasteiger partial charge in [-0.3, -0.25) is 9.59 Å². The second kappa shape index (κ2) is 10.4. The average molecular weight is 521 g/mol. The van der Waals surface area contributed by atoms with Gasteiger partial charge in [0.25, 0.3) is 0 Å². The van der Waals surface area contributed by atoms with Crippen molar-refractivity contribution in [3.8, 4) is 0 Å². The molecule has 0 radical (unpaired) electrons. The number of carbonyl (C=O) groups excluding carboxylic acids is 2. The van der Waals surface area contributed by atoms with E-state index in [4.69, 9.17) is 4.74 Å². The first kappa shape index (κ1) is 27.7. The summed E-state index contributed by atoms with van der Waals surface area (Å²) in [4.78, 5) is 42.7. The zero-order valence-electron chi connectivity index (χ0n) is 23.4. The molecule has 38 heavy (non-hydrogen) atoms. The summed E-state index contributed by atoms with van der Waals surface area (Å²) in [5.74, 6) is -1.28. The lowest BCUT2D eigenvalue weighted by Crippen LogP contribution is -2.58. The van der Waals surface area contributed by atoms with E-state index in [0.717, 1.165) is 22.3 Å². The molecule has 2 aliphatic rings. The molecule has 204 valence electrons. The highest BCUT2D eigenvalue weighted by atomic mass is 16.6. The van der Waals surface area contributed by atoms with Gasteiger partial charge in [-0.2, -0.15) is 0 Å². The van der Waals surface area contributed by atoms with Crippen molar-refractivity contribution in [2.45, 2.75) is 84.4 Å². The van der Waals surface area contributed by atoms with Gasteiger partial charge in [-0.15, -0.1) is 0 Å². The van der Waals surface area contributed by atoms with Crippen LogP contribution in [0.2, 0.25) is 0 Å². The Morgan fingerprint density at radius 1 is 1.05 bits per heavy atom. The van der Waals surface area contributed by atoms with Crippen LogP contribution in [-0.2, 0) is 14.3 Å². The van der Waals surface area contributed by atoms with E-state index in [0.29, 0.717) is 25.9 Å². The van der Waals surface area contributed by atoms with E-state index in [1.807, 2.05) is 51.7 Å². The van der Waals surface area contributed by atoms with E-state index >= 15 is 0 Å². The predicted molar refractivity (Wildman–Crippen MR) is 146 cm³/mol. The third-order valence-corrected chi connectivity index (χ3v) is 8.02. The normalized spacial score (nSPS) is 25.8. The fourth-order valence-electron chi connectivity index (χ4n) is 6.21. The number of carboxylic acids is 1. The van der Waals surface area contributed by atoms with Crippen LogP contribution in [0.1, 0.15) is 81.2 Å². The fourth-order valence-corrected chi connectivity index (χ4v) is 6.21. The fraction of sp³-hybridized carbons (Fsp3) is 0.516. The molecule has 2 fully saturated rings. The first-order chi connectivity index (χ1) is 17.8. The summed E-state index contributed by atoms with van der Waals surface area (Å²) in [5, 5.41) is 9.83. The lowest BCUT2D eigenvalue weighted by molar-refractivity contribution is -0.161. The van der Waals surface area contributed by atoms with E-state index in [9.17, 15) is 19.5 Å². The van der Waals surface area contributed by atoms with Crippen LogP contribution in [0, 0.1) is 19.3 Å². The molecule has 0 saturated carbocycles. The van der Waals surface area contributed by atoms with Crippen molar-refractivity contribution < 1.29 is 24.2 Å². The van der Waals surface area contributed by atoms with Gasteiger partial charge < -0.3 is 19.6 Å². The minimum atomic E-state index is -1.08. The summed E-state index contributed by atoms with van der Waals surface area (Å²) in [5.41, 5.74) is 2.65. The number of cyclic esters (lactones) is 1. The molecule has 0 spiro atoms. The minimum Gasteiger partial charge on any atom is -0.481 e. The van der Waals surface area contributed by atoms with Crippen LogP contribution in [0.15, 0.2) is 48.5 Å². The van der Waals surface area contributed by atoms with Crippen LogP contribution in [-0.4, -0.2) is 57.6 Å². The van der Waals surface area contributed by atoms with Crippen LogP contribution in [0.5, 0.6) is 0 Å². The summed E-state index contributed by atoms with van der Waals surface area (Å²) in [7, 11) is 0. The highest BCUT2D eigenvalue weighted by Crippen LogP contribution is 2.52. The van der Waals surface area contributed by atoms with Gasteiger partial charge in [-0.05, 0) is 51.7 Å². The van der Waals surface area contributed by atoms with Gasteiger partial charge in [-0.25, -0.2) is 4.79 Å². The number of aliphatic carboxylic acids is 1. The standard InChI is InChI=1S/C31H40N2O5/c1-7-24(18-32-19-30(4,5)38-29(32)37)33-27(22-13-11-20(2)12-14-22)25(23-10-8-9-21(3)15-23)16-31(6,28(33)36)17-26(34)35/h8-15,24-25,27H,7,16-19H2,1-6H3,(H,34,35)/t24-,25+,27+,31+/m0/s1. The number of aryl methyl sites for hydroxylation is 2. The average Bonchev–Trinajstić information content (AvgIpc) is 3.10. The van der Waals surface area contributed by atoms with E-state index in [1.54, 1.807) is 11.8 Å². The Balaban J connectivity index is 1.86. The Hall–Kier alpha value is -3.35. The summed E-state index contributed by atoms with van der Waals surface area (Å²) in [6.45, 7) is 12.4. The smallest absolute Gasteiger partial charge is 0.410 e. The SMILES string of the molecule is CC[C@@H](CN1CC(C)(C)OC1=O)N1C(=O)[C@@](C)(CC(=O)O)C[C@H](c2cccc(C)c2)[C@H]1c1ccc(C)cc1. The maximum absolute atomic E-state index is 14.4. The van der Waals surface area contributed by atoms with Gasteiger partial charge in [0, 0.05) is 18.5 Å². The van der Waals surface area contributed by atoms with Crippen molar-refractivity contribution >= 4 is 18.0 Å². The molecule has 0 aliphatic carbocycles. The molecule has 7 nitrogen and oxygen atoms in total. The molecular formula is C31H40N2O5. The Morgan fingerprint density at radius 3 is 2.29 bits per heavy atom. The number of carboxylic acid groups (broad SMARTS) is 1. The molecule has 2 amide bonds. The van der Waals surface area contributed by atoms with E-state index in [2.05, 4.69) is 36.4 Å². The topological polar surface area (TPSA) is 87.2 Å². The number of amides is 2. The number of nitrogens with zero attached hydrogens (tertiary/aromatic N) is 2. The Kier molecular flexibility index (Phi) is 7.60. The van der Waals surface area contributed by atoms with Gasteiger partial charge in [-0.1, -0.05) is 73.5 Å². The van der Waals surface area contributed by atoms with Gasteiger partial charge in [0.1, 0.15) is 5.60 Å². The van der Waals surface area contributed by atoms with Gasteiger partial charge in [0.2, 0.25) is 5.91 Å². The highest BCUT2D eigenvalue weighted by Gasteiger charge is 2.53. The number of carbonyl (C=O) groups is 3. The molecule has 0 bridgehead atoms. The Bertz CT molecular complexity index is 1210. The van der Waals surface area contributed by atoms with Crippen LogP contribution in [0.3, 0.4) is 0 Å². The number of ether oxygens (including phenoxy) is 1. The molecule has 2 aromatic rings. The molecule has 4 atom stereocenters. The van der Waals surface area contributed by atoms with Gasteiger partial charge in [0.15, 0.2) is 0 Å². The minimum absolute atomic E-state index is 0.115.